The predicted molar refractivity (Wildman–Crippen MR) is 63.2 cm³/mol. The van der Waals surface area contributed by atoms with Crippen molar-refractivity contribution in [2.45, 2.75) is 31.0 Å². The number of hydrogen-bond acceptors (Lipinski definition) is 7. The van der Waals surface area contributed by atoms with E-state index in [4.69, 9.17) is 19.3 Å². The minimum Gasteiger partial charge on any atom is -0.394 e. The van der Waals surface area contributed by atoms with Gasteiger partial charge >= 0.3 is 0 Å². The van der Waals surface area contributed by atoms with Gasteiger partial charge in [-0.15, -0.1) is 0 Å². The van der Waals surface area contributed by atoms with Crippen LogP contribution in [0.25, 0.3) is 0 Å². The Labute approximate surface area is 111 Å². The van der Waals surface area contributed by atoms with Crippen LogP contribution in [0.3, 0.4) is 0 Å². The van der Waals surface area contributed by atoms with Gasteiger partial charge < -0.3 is 34.8 Å². The van der Waals surface area contributed by atoms with Crippen molar-refractivity contribution in [2.24, 2.45) is 0 Å². The van der Waals surface area contributed by atoms with E-state index < -0.39 is 24.6 Å². The molecule has 1 rings (SSSR count). The number of carbonyl (C=O) groups is 1. The fourth-order valence-electron chi connectivity index (χ4n) is 1.70. The summed E-state index contributed by atoms with van der Waals surface area (Å²) < 4.78 is 15.8. The van der Waals surface area contributed by atoms with Crippen molar-refractivity contribution in [1.29, 1.82) is 0 Å². The maximum absolute atomic E-state index is 9.94. The van der Waals surface area contributed by atoms with E-state index in [1.165, 1.54) is 0 Å². The number of hydrogen-bond donors (Lipinski definition) is 4. The molecule has 1 aliphatic heterocycles. The second kappa shape index (κ2) is 9.18. The van der Waals surface area contributed by atoms with E-state index in [-0.39, 0.29) is 19.6 Å². The van der Waals surface area contributed by atoms with Crippen molar-refractivity contribution >= 4 is 6.41 Å². The van der Waals surface area contributed by atoms with Crippen LogP contribution in [0.15, 0.2) is 0 Å². The van der Waals surface area contributed by atoms with Crippen LogP contribution in [0.2, 0.25) is 0 Å². The van der Waals surface area contributed by atoms with Crippen LogP contribution in [0, 0.1) is 0 Å². The summed E-state index contributed by atoms with van der Waals surface area (Å²) in [4.78, 5) is 9.94. The molecule has 1 amide bonds. The van der Waals surface area contributed by atoms with E-state index in [0.29, 0.717) is 26.2 Å². The Hall–Kier alpha value is -0.770. The van der Waals surface area contributed by atoms with Gasteiger partial charge in [0.1, 0.15) is 12.2 Å². The third kappa shape index (κ3) is 5.81. The smallest absolute Gasteiger partial charge is 0.207 e. The van der Waals surface area contributed by atoms with Crippen LogP contribution >= 0.6 is 0 Å². The molecule has 0 saturated carbocycles. The molecule has 0 aliphatic carbocycles. The summed E-state index contributed by atoms with van der Waals surface area (Å²) in [6.45, 7) is 1.01. The van der Waals surface area contributed by atoms with E-state index >= 15 is 0 Å². The first kappa shape index (κ1) is 16.3. The summed E-state index contributed by atoms with van der Waals surface area (Å²) in [7, 11) is 0. The van der Waals surface area contributed by atoms with Crippen molar-refractivity contribution in [3.05, 3.63) is 0 Å². The largest absolute Gasteiger partial charge is 0.394 e. The van der Waals surface area contributed by atoms with E-state index in [2.05, 4.69) is 5.32 Å². The predicted octanol–water partition coefficient (Wildman–Crippen LogP) is -2.41. The Balaban J connectivity index is 2.10. The Morgan fingerprint density at radius 1 is 1.32 bits per heavy atom. The zero-order valence-corrected chi connectivity index (χ0v) is 10.6. The number of amides is 1. The molecule has 8 heteroatoms. The number of rotatable bonds is 9. The zero-order valence-electron chi connectivity index (χ0n) is 10.6. The number of carbonyl (C=O) groups excluding carboxylic acids is 1. The maximum Gasteiger partial charge on any atom is 0.207 e. The fraction of sp³-hybridized carbons (Fsp3) is 0.909. The monoisotopic (exact) mass is 279 g/mol. The summed E-state index contributed by atoms with van der Waals surface area (Å²) in [5, 5.41) is 30.5. The van der Waals surface area contributed by atoms with Crippen LogP contribution in [-0.4, -0.2) is 79.3 Å². The molecular formula is C11H21NO7. The molecule has 0 spiro atoms. The number of nitrogens with one attached hydrogen (secondary N) is 1. The van der Waals surface area contributed by atoms with Gasteiger partial charge in [-0.2, -0.15) is 0 Å². The quantitative estimate of drug-likeness (QED) is 0.274. The first-order chi connectivity index (χ1) is 9.19. The van der Waals surface area contributed by atoms with Gasteiger partial charge in [-0.25, -0.2) is 0 Å². The molecule has 112 valence electrons. The standard InChI is InChI=1S/C11H21NO7/c13-6-9-11(16)8(15)5-10(19-9)18-4-3-17-2-1-12-7-14/h7-11,13,15-16H,1-6H2,(H,12,14). The number of ether oxygens (including phenoxy) is 3. The first-order valence-corrected chi connectivity index (χ1v) is 6.18. The highest BCUT2D eigenvalue weighted by Gasteiger charge is 2.36. The van der Waals surface area contributed by atoms with Crippen molar-refractivity contribution < 1.29 is 34.3 Å². The molecule has 0 aromatic carbocycles. The van der Waals surface area contributed by atoms with Gasteiger partial charge in [0.05, 0.1) is 32.5 Å². The highest BCUT2D eigenvalue weighted by Crippen LogP contribution is 2.20. The Kier molecular flexibility index (Phi) is 7.87. The molecule has 4 atom stereocenters. The highest BCUT2D eigenvalue weighted by molar-refractivity contribution is 5.45. The van der Waals surface area contributed by atoms with Crippen LogP contribution in [0.1, 0.15) is 6.42 Å². The molecule has 4 N–H and O–H groups in total. The van der Waals surface area contributed by atoms with Gasteiger partial charge in [-0.05, 0) is 0 Å². The van der Waals surface area contributed by atoms with Crippen molar-refractivity contribution in [2.75, 3.05) is 33.0 Å². The van der Waals surface area contributed by atoms with Crippen LogP contribution < -0.4 is 5.32 Å². The molecule has 0 bridgehead atoms. The minimum absolute atomic E-state index is 0.143. The van der Waals surface area contributed by atoms with Crippen LogP contribution in [0.5, 0.6) is 0 Å². The van der Waals surface area contributed by atoms with Crippen LogP contribution in [0.4, 0.5) is 0 Å². The first-order valence-electron chi connectivity index (χ1n) is 6.18. The molecule has 0 aromatic rings. The lowest BCUT2D eigenvalue weighted by atomic mass is 10.0. The molecule has 1 saturated heterocycles. The average molecular weight is 279 g/mol. The number of aliphatic hydroxyl groups excluding tert-OH is 3. The molecule has 8 nitrogen and oxygen atoms in total. The third-order valence-electron chi connectivity index (χ3n) is 2.72. The van der Waals surface area contributed by atoms with Gasteiger partial charge in [0.15, 0.2) is 6.29 Å². The van der Waals surface area contributed by atoms with Gasteiger partial charge in [0.25, 0.3) is 0 Å². The van der Waals surface area contributed by atoms with E-state index in [1.807, 2.05) is 0 Å². The topological polar surface area (TPSA) is 117 Å². The minimum atomic E-state index is -1.10. The van der Waals surface area contributed by atoms with Crippen molar-refractivity contribution in [1.82, 2.24) is 5.32 Å². The lowest BCUT2D eigenvalue weighted by Crippen LogP contribution is -2.50. The molecule has 0 aromatic heterocycles. The fourth-order valence-corrected chi connectivity index (χ4v) is 1.70. The Bertz CT molecular complexity index is 253. The SMILES string of the molecule is O=CNCCOCCOC1CC(O)C(O)C(CO)O1. The summed E-state index contributed by atoms with van der Waals surface area (Å²) in [6.07, 6.45) is -2.86. The van der Waals surface area contributed by atoms with Gasteiger partial charge in [0.2, 0.25) is 6.41 Å². The molecule has 1 aliphatic rings. The van der Waals surface area contributed by atoms with Gasteiger partial charge in [-0.1, -0.05) is 0 Å². The summed E-state index contributed by atoms with van der Waals surface area (Å²) >= 11 is 0. The third-order valence-corrected chi connectivity index (χ3v) is 2.72. The van der Waals surface area contributed by atoms with Crippen LogP contribution in [-0.2, 0) is 19.0 Å². The molecule has 0 radical (unpaired) electrons. The Morgan fingerprint density at radius 2 is 2.11 bits per heavy atom. The summed E-state index contributed by atoms with van der Waals surface area (Å²) in [6, 6.07) is 0. The lowest BCUT2D eigenvalue weighted by molar-refractivity contribution is -0.258. The lowest BCUT2D eigenvalue weighted by Gasteiger charge is -2.35. The highest BCUT2D eigenvalue weighted by atomic mass is 16.7. The maximum atomic E-state index is 9.94. The summed E-state index contributed by atoms with van der Waals surface area (Å²) in [5.41, 5.74) is 0. The van der Waals surface area contributed by atoms with E-state index in [9.17, 15) is 15.0 Å². The molecule has 4 unspecified atom stereocenters. The number of aliphatic hydroxyl groups is 3. The van der Waals surface area contributed by atoms with Gasteiger partial charge in [-0.3, -0.25) is 4.79 Å². The second-order valence-corrected chi connectivity index (χ2v) is 4.14. The zero-order chi connectivity index (χ0) is 14.1. The molecule has 19 heavy (non-hydrogen) atoms. The van der Waals surface area contributed by atoms with Crippen molar-refractivity contribution in [3.63, 3.8) is 0 Å². The van der Waals surface area contributed by atoms with Crippen molar-refractivity contribution in [3.8, 4) is 0 Å². The molecule has 1 heterocycles. The Morgan fingerprint density at radius 3 is 2.79 bits per heavy atom. The normalized spacial score (nSPS) is 31.1. The molecule has 1 fully saturated rings. The van der Waals surface area contributed by atoms with E-state index in [1.54, 1.807) is 0 Å². The second-order valence-electron chi connectivity index (χ2n) is 4.14. The summed E-state index contributed by atoms with van der Waals surface area (Å²) in [5.74, 6) is 0. The van der Waals surface area contributed by atoms with Gasteiger partial charge in [0, 0.05) is 13.0 Å². The van der Waals surface area contributed by atoms with E-state index in [0.717, 1.165) is 0 Å². The molecular weight excluding hydrogens is 258 g/mol. The average Bonchev–Trinajstić information content (AvgIpc) is 2.41.